The van der Waals surface area contributed by atoms with Crippen LogP contribution in [-0.4, -0.2) is 6.54 Å². The van der Waals surface area contributed by atoms with E-state index in [2.05, 4.69) is 13.8 Å². The van der Waals surface area contributed by atoms with Gasteiger partial charge in [-0.15, -0.1) is 6.54 Å². The molecule has 0 spiro atoms. The largest absolute Gasteiger partial charge is 0.360 e. The molecule has 37 valence electrons. The second kappa shape index (κ2) is 36.5. The van der Waals surface area contributed by atoms with Crippen LogP contribution < -0.4 is 5.73 Å². The molecule has 2 heteroatoms. The Morgan fingerprint density at radius 1 is 1.50 bits per heavy atom. The monoisotopic (exact) mass is 162 g/mol. The van der Waals surface area contributed by atoms with Gasteiger partial charge in [0.25, 0.3) is 0 Å². The van der Waals surface area contributed by atoms with Crippen LogP contribution in [0.1, 0.15) is 6.92 Å². The average molecular weight is 162 g/mol. The first-order valence-corrected chi connectivity index (χ1v) is 1.62. The molecule has 6 heavy (non-hydrogen) atoms. The van der Waals surface area contributed by atoms with E-state index in [0.717, 1.165) is 0 Å². The molecule has 0 bridgehead atoms. The molecule has 0 saturated carbocycles. The van der Waals surface area contributed by atoms with E-state index in [-0.39, 0.29) is 32.7 Å². The van der Waals surface area contributed by atoms with Crippen molar-refractivity contribution in [3.63, 3.8) is 0 Å². The molecule has 0 aliphatic rings. The van der Waals surface area contributed by atoms with Crippen LogP contribution in [0, 0.1) is 13.8 Å². The third-order valence-corrected chi connectivity index (χ3v) is 0. The zero-order valence-electron chi connectivity index (χ0n) is 4.28. The summed E-state index contributed by atoms with van der Waals surface area (Å²) in [5.74, 6) is 0. The van der Waals surface area contributed by atoms with Gasteiger partial charge in [0.05, 0.1) is 0 Å². The van der Waals surface area contributed by atoms with Crippen molar-refractivity contribution in [2.45, 2.75) is 6.92 Å². The zero-order valence-corrected chi connectivity index (χ0v) is 7.11. The minimum absolute atomic E-state index is 0. The summed E-state index contributed by atoms with van der Waals surface area (Å²) in [6.45, 7) is 8.76. The quantitative estimate of drug-likeness (QED) is 0.519. The Kier molecular flexibility index (Phi) is 95.7. The van der Waals surface area contributed by atoms with Crippen molar-refractivity contribution in [2.75, 3.05) is 6.54 Å². The molecule has 0 heterocycles. The fourth-order valence-corrected chi connectivity index (χ4v) is 0. The molecular weight excluding hydrogens is 151 g/mol. The Morgan fingerprint density at radius 3 is 1.50 bits per heavy atom. The van der Waals surface area contributed by atoms with E-state index in [0.29, 0.717) is 6.54 Å². The fraction of sp³-hybridized carbons (Fsp3) is 0.500. The molecule has 1 radical (unpaired) electrons. The maximum atomic E-state index is 4.74. The molecule has 0 atom stereocenters. The molecule has 1 nitrogen and oxygen atoms in total. The molecule has 0 rings (SSSR count). The summed E-state index contributed by atoms with van der Waals surface area (Å²) in [7, 11) is 0. The van der Waals surface area contributed by atoms with Gasteiger partial charge in [-0.05, 0) is 0 Å². The van der Waals surface area contributed by atoms with Crippen molar-refractivity contribution >= 4 is 0 Å². The molecule has 0 saturated heterocycles. The average Bonchev–Trinajstić information content (AvgIpc) is 1.46. The van der Waals surface area contributed by atoms with E-state index in [1.165, 1.54) is 0 Å². The van der Waals surface area contributed by atoms with Crippen LogP contribution in [0.3, 0.4) is 0 Å². The van der Waals surface area contributed by atoms with Gasteiger partial charge in [-0.3, -0.25) is 0 Å². The van der Waals surface area contributed by atoms with E-state index in [9.17, 15) is 0 Å². The molecule has 0 aliphatic carbocycles. The van der Waals surface area contributed by atoms with Gasteiger partial charge in [0.2, 0.25) is 0 Å². The number of nitrogens with two attached hydrogens (primary N) is 1. The normalized spacial score (nSPS) is 4.00. The van der Waals surface area contributed by atoms with E-state index in [4.69, 9.17) is 5.73 Å². The standard InChI is InChI=1S/C2H6N.C2H5.Y/c1-2-3;1-2;/h1-3H2;1H2,2H3;/q2*-1;. The van der Waals surface area contributed by atoms with Gasteiger partial charge in [0, 0.05) is 32.7 Å². The van der Waals surface area contributed by atoms with Crippen LogP contribution in [0.4, 0.5) is 0 Å². The minimum Gasteiger partial charge on any atom is -0.360 e. The maximum Gasteiger partial charge on any atom is 0 e. The number of rotatable bonds is 0. The van der Waals surface area contributed by atoms with Crippen LogP contribution in [0.5, 0.6) is 0 Å². The Morgan fingerprint density at radius 2 is 1.50 bits per heavy atom. The second-order valence-corrected chi connectivity index (χ2v) is 0.289. The van der Waals surface area contributed by atoms with Gasteiger partial charge in [0.1, 0.15) is 0 Å². The summed E-state index contributed by atoms with van der Waals surface area (Å²) in [5.41, 5.74) is 4.74. The molecule has 0 aliphatic heterocycles. The molecule has 0 amide bonds. The van der Waals surface area contributed by atoms with E-state index in [1.54, 1.807) is 6.92 Å². The Bertz CT molecular complexity index is 7.51. The smallest absolute Gasteiger partial charge is 0 e. The summed E-state index contributed by atoms with van der Waals surface area (Å²) in [4.78, 5) is 0. The summed E-state index contributed by atoms with van der Waals surface area (Å²) in [6, 6.07) is 0. The Balaban J connectivity index is -0.0000000275. The zero-order chi connectivity index (χ0) is 4.71. The van der Waals surface area contributed by atoms with Crippen molar-refractivity contribution in [1.82, 2.24) is 0 Å². The SMILES string of the molecule is [CH2-]C.[CH2-]CN.[Y]. The maximum absolute atomic E-state index is 4.74. The van der Waals surface area contributed by atoms with E-state index < -0.39 is 0 Å². The van der Waals surface area contributed by atoms with Gasteiger partial charge in [-0.25, -0.2) is 0 Å². The first-order valence-electron chi connectivity index (χ1n) is 1.62. The third-order valence-electron chi connectivity index (χ3n) is 0. The molecule has 2 N–H and O–H groups in total. The van der Waals surface area contributed by atoms with Crippen molar-refractivity contribution in [3.8, 4) is 0 Å². The molecular formula is C4H11NY-2. The Labute approximate surface area is 65.6 Å². The van der Waals surface area contributed by atoms with Crippen LogP contribution >= 0.6 is 0 Å². The van der Waals surface area contributed by atoms with Crippen molar-refractivity contribution in [3.05, 3.63) is 13.8 Å². The first-order chi connectivity index (χ1) is 2.41. The van der Waals surface area contributed by atoms with Crippen molar-refractivity contribution in [1.29, 1.82) is 0 Å². The molecule has 0 aromatic heterocycles. The Hall–Kier alpha value is 1.06. The summed E-state index contributed by atoms with van der Waals surface area (Å²) in [5, 5.41) is 0. The van der Waals surface area contributed by atoms with E-state index >= 15 is 0 Å². The molecule has 0 fully saturated rings. The third kappa shape index (κ3) is 73.9. The second-order valence-electron chi connectivity index (χ2n) is 0.289. The van der Waals surface area contributed by atoms with Gasteiger partial charge in [-0.2, -0.15) is 6.92 Å². The molecule has 0 aromatic rings. The van der Waals surface area contributed by atoms with Crippen LogP contribution in [0.15, 0.2) is 0 Å². The molecule has 0 aromatic carbocycles. The number of hydrogen-bond acceptors (Lipinski definition) is 1. The topological polar surface area (TPSA) is 26.0 Å². The minimum atomic E-state index is 0. The van der Waals surface area contributed by atoms with Crippen LogP contribution in [0.25, 0.3) is 0 Å². The number of hydrogen-bond donors (Lipinski definition) is 1. The summed E-state index contributed by atoms with van der Waals surface area (Å²) < 4.78 is 0. The van der Waals surface area contributed by atoms with Crippen LogP contribution in [-0.2, 0) is 32.7 Å². The van der Waals surface area contributed by atoms with Gasteiger partial charge < -0.3 is 19.6 Å². The van der Waals surface area contributed by atoms with Gasteiger partial charge >= 0.3 is 0 Å². The van der Waals surface area contributed by atoms with Crippen molar-refractivity contribution < 1.29 is 32.7 Å². The summed E-state index contributed by atoms with van der Waals surface area (Å²) in [6.07, 6.45) is 0. The first kappa shape index (κ1) is 15.7. The fourth-order valence-electron chi connectivity index (χ4n) is 0. The predicted molar refractivity (Wildman–Crippen MR) is 25.4 cm³/mol. The van der Waals surface area contributed by atoms with Crippen LogP contribution in [0.2, 0.25) is 0 Å². The van der Waals surface area contributed by atoms with E-state index in [1.807, 2.05) is 0 Å². The van der Waals surface area contributed by atoms with Gasteiger partial charge in [0.15, 0.2) is 0 Å². The van der Waals surface area contributed by atoms with Gasteiger partial charge in [-0.1, -0.05) is 0 Å². The molecule has 0 unspecified atom stereocenters. The predicted octanol–water partition coefficient (Wildman–Crippen LogP) is 0.617. The summed E-state index contributed by atoms with van der Waals surface area (Å²) >= 11 is 0. The van der Waals surface area contributed by atoms with Crippen molar-refractivity contribution in [2.24, 2.45) is 5.73 Å².